The Labute approximate surface area is 352 Å². The van der Waals surface area contributed by atoms with E-state index in [0.29, 0.717) is 0 Å². The van der Waals surface area contributed by atoms with Gasteiger partial charge < -0.3 is 13.7 Å². The van der Waals surface area contributed by atoms with E-state index in [9.17, 15) is 0 Å². The van der Waals surface area contributed by atoms with Gasteiger partial charge >= 0.3 is 0 Å². The van der Waals surface area contributed by atoms with Gasteiger partial charge in [0.2, 0.25) is 0 Å². The van der Waals surface area contributed by atoms with Crippen LogP contribution in [-0.4, -0.2) is 9.97 Å². The highest BCUT2D eigenvalue weighted by molar-refractivity contribution is 7.25. The first-order chi connectivity index (χ1) is 30.2. The molecule has 8 aromatic carbocycles. The second-order valence-corrected chi connectivity index (χ2v) is 16.5. The Morgan fingerprint density at radius 2 is 0.869 bits per heavy atom. The molecular weight excluding hydrogens is 769 g/mol. The largest absolute Gasteiger partial charge is 0.456 e. The molecule has 5 heterocycles. The normalized spacial score (nSPS) is 11.9. The molecule has 0 spiro atoms. The van der Waals surface area contributed by atoms with Gasteiger partial charge in [-0.3, -0.25) is 9.88 Å². The second kappa shape index (κ2) is 13.3. The molecule has 13 aromatic rings. The van der Waals surface area contributed by atoms with Gasteiger partial charge in [-0.25, -0.2) is 4.98 Å². The summed E-state index contributed by atoms with van der Waals surface area (Å²) in [5.74, 6) is 0.807. The van der Waals surface area contributed by atoms with Crippen LogP contribution in [0.2, 0.25) is 0 Å². The van der Waals surface area contributed by atoms with E-state index in [1.807, 2.05) is 30.5 Å². The maximum atomic E-state index is 6.39. The van der Waals surface area contributed by atoms with E-state index in [-0.39, 0.29) is 0 Å². The summed E-state index contributed by atoms with van der Waals surface area (Å²) in [5, 5.41) is 10.1. The lowest BCUT2D eigenvalue weighted by atomic mass is 10.1. The van der Waals surface area contributed by atoms with Crippen molar-refractivity contribution in [1.82, 2.24) is 9.97 Å². The number of nitrogens with zero attached hydrogens (tertiary/aromatic N) is 4. The molecule has 0 atom stereocenters. The van der Waals surface area contributed by atoms with Crippen molar-refractivity contribution in [3.8, 4) is 0 Å². The number of furan rings is 2. The summed E-state index contributed by atoms with van der Waals surface area (Å²) in [5.41, 5.74) is 9.28. The molecule has 0 bridgehead atoms. The van der Waals surface area contributed by atoms with E-state index in [1.54, 1.807) is 11.3 Å². The zero-order chi connectivity index (χ0) is 40.0. The highest BCUT2D eigenvalue weighted by atomic mass is 32.1. The summed E-state index contributed by atoms with van der Waals surface area (Å²) in [4.78, 5) is 16.0. The standard InChI is InChI=1S/C54H32N4O2S/c1-3-11-35-27-37(19-17-33(35)9-1)57(39-21-23-44-42-13-5-7-15-47(42)59-49(44)29-39)41-31-51-53(55-32-41)46-25-26-52(56-54(46)61-51)58(38-20-18-34-10-2-4-12-36(34)28-38)40-22-24-45-43-14-6-8-16-48(43)60-50(45)30-40/h1-32H. The van der Waals surface area contributed by atoms with Crippen LogP contribution >= 0.6 is 11.3 Å². The Kier molecular flexibility index (Phi) is 7.37. The molecule has 0 radical (unpaired) electrons. The van der Waals surface area contributed by atoms with E-state index in [2.05, 4.69) is 174 Å². The van der Waals surface area contributed by atoms with Gasteiger partial charge in [-0.1, -0.05) is 97.1 Å². The number of benzene rings is 8. The van der Waals surface area contributed by atoms with E-state index >= 15 is 0 Å². The number of para-hydroxylation sites is 2. The van der Waals surface area contributed by atoms with Crippen molar-refractivity contribution in [2.24, 2.45) is 0 Å². The number of hydrogen-bond acceptors (Lipinski definition) is 7. The minimum absolute atomic E-state index is 0.807. The summed E-state index contributed by atoms with van der Waals surface area (Å²) >= 11 is 1.66. The van der Waals surface area contributed by atoms with Crippen LogP contribution in [0.1, 0.15) is 0 Å². The molecule has 0 aliphatic carbocycles. The number of fused-ring (bicyclic) bond motifs is 11. The molecular formula is C54H32N4O2S. The number of aromatic nitrogens is 2. The third-order valence-corrected chi connectivity index (χ3v) is 12.9. The molecule has 5 aromatic heterocycles. The summed E-state index contributed by atoms with van der Waals surface area (Å²) in [7, 11) is 0. The quantitative estimate of drug-likeness (QED) is 0.167. The molecule has 0 aliphatic heterocycles. The van der Waals surface area contributed by atoms with E-state index in [4.69, 9.17) is 18.8 Å². The van der Waals surface area contributed by atoms with Crippen molar-refractivity contribution < 1.29 is 8.83 Å². The third kappa shape index (κ3) is 5.48. The Bertz CT molecular complexity index is 3630. The van der Waals surface area contributed by atoms with Crippen molar-refractivity contribution in [2.45, 2.75) is 0 Å². The van der Waals surface area contributed by atoms with Gasteiger partial charge in [-0.15, -0.1) is 11.3 Å². The predicted molar refractivity (Wildman–Crippen MR) is 254 cm³/mol. The number of pyridine rings is 2. The topological polar surface area (TPSA) is 58.5 Å². The molecule has 0 fully saturated rings. The molecule has 7 heteroatoms. The van der Waals surface area contributed by atoms with Gasteiger partial charge in [0.1, 0.15) is 33.0 Å². The van der Waals surface area contributed by atoms with Crippen molar-refractivity contribution in [2.75, 3.05) is 9.80 Å². The molecule has 0 amide bonds. The highest BCUT2D eigenvalue weighted by Crippen LogP contribution is 2.44. The molecule has 0 unspecified atom stereocenters. The lowest BCUT2D eigenvalue weighted by Gasteiger charge is -2.25. The van der Waals surface area contributed by atoms with Crippen LogP contribution in [0.15, 0.2) is 203 Å². The maximum Gasteiger partial charge on any atom is 0.139 e. The van der Waals surface area contributed by atoms with Crippen LogP contribution < -0.4 is 9.80 Å². The van der Waals surface area contributed by atoms with Crippen LogP contribution in [0.4, 0.5) is 34.3 Å². The molecule has 6 nitrogen and oxygen atoms in total. The predicted octanol–water partition coefficient (Wildman–Crippen LogP) is 15.9. The van der Waals surface area contributed by atoms with Crippen LogP contribution in [0, 0.1) is 0 Å². The lowest BCUT2D eigenvalue weighted by molar-refractivity contribution is 0.668. The van der Waals surface area contributed by atoms with Crippen molar-refractivity contribution in [1.29, 1.82) is 0 Å². The molecule has 0 saturated heterocycles. The summed E-state index contributed by atoms with van der Waals surface area (Å²) in [6.45, 7) is 0. The van der Waals surface area contributed by atoms with Gasteiger partial charge in [-0.2, -0.15) is 0 Å². The minimum atomic E-state index is 0.807. The SMILES string of the molecule is c1ccc2cc(N(c3ccc4c(c3)oc3ccccc34)c3cnc4c(c3)sc3nc(N(c5ccc6ccccc6c5)c5ccc6c(c5)oc5ccccc56)ccc34)ccc2c1. The summed E-state index contributed by atoms with van der Waals surface area (Å²) < 4.78 is 13.8. The molecule has 0 N–H and O–H groups in total. The fraction of sp³-hybridized carbons (Fsp3) is 0. The Hall–Kier alpha value is -8.00. The highest BCUT2D eigenvalue weighted by Gasteiger charge is 2.21. The fourth-order valence-electron chi connectivity index (χ4n) is 8.95. The first-order valence-electron chi connectivity index (χ1n) is 20.3. The van der Waals surface area contributed by atoms with Gasteiger partial charge in [0.05, 0.1) is 27.8 Å². The number of anilines is 6. The van der Waals surface area contributed by atoms with Gasteiger partial charge in [0, 0.05) is 56.1 Å². The minimum Gasteiger partial charge on any atom is -0.456 e. The Morgan fingerprint density at radius 3 is 1.51 bits per heavy atom. The molecule has 0 saturated carbocycles. The van der Waals surface area contributed by atoms with Crippen molar-refractivity contribution in [3.63, 3.8) is 0 Å². The van der Waals surface area contributed by atoms with Crippen LogP contribution in [-0.2, 0) is 0 Å². The first-order valence-corrected chi connectivity index (χ1v) is 21.1. The van der Waals surface area contributed by atoms with E-state index < -0.39 is 0 Å². The molecule has 61 heavy (non-hydrogen) atoms. The summed E-state index contributed by atoms with van der Waals surface area (Å²) in [6.07, 6.45) is 1.98. The first kappa shape index (κ1) is 33.9. The van der Waals surface area contributed by atoms with Gasteiger partial charge in [0.25, 0.3) is 0 Å². The van der Waals surface area contributed by atoms with Crippen LogP contribution in [0.25, 0.3) is 85.9 Å². The zero-order valence-corrected chi connectivity index (χ0v) is 33.3. The number of thiophene rings is 1. The third-order valence-electron chi connectivity index (χ3n) is 11.9. The Balaban J connectivity index is 0.961. The van der Waals surface area contributed by atoms with Crippen LogP contribution in [0.5, 0.6) is 0 Å². The average molecular weight is 801 g/mol. The second-order valence-electron chi connectivity index (χ2n) is 15.5. The fourth-order valence-corrected chi connectivity index (χ4v) is 10.0. The smallest absolute Gasteiger partial charge is 0.139 e. The molecule has 0 aliphatic rings. The van der Waals surface area contributed by atoms with Crippen molar-refractivity contribution in [3.05, 3.63) is 194 Å². The molecule has 286 valence electrons. The van der Waals surface area contributed by atoms with E-state index in [0.717, 1.165) is 109 Å². The van der Waals surface area contributed by atoms with Gasteiger partial charge in [-0.05, 0) is 100 Å². The van der Waals surface area contributed by atoms with Crippen LogP contribution in [0.3, 0.4) is 0 Å². The zero-order valence-electron chi connectivity index (χ0n) is 32.5. The van der Waals surface area contributed by atoms with Crippen molar-refractivity contribution >= 4 is 131 Å². The number of rotatable bonds is 6. The maximum absolute atomic E-state index is 6.39. The number of hydrogen-bond donors (Lipinski definition) is 0. The average Bonchev–Trinajstić information content (AvgIpc) is 3.99. The van der Waals surface area contributed by atoms with Gasteiger partial charge in [0.15, 0.2) is 0 Å². The Morgan fingerprint density at radius 1 is 0.377 bits per heavy atom. The monoisotopic (exact) mass is 800 g/mol. The lowest BCUT2D eigenvalue weighted by Crippen LogP contribution is -2.11. The molecule has 13 rings (SSSR count). The summed E-state index contributed by atoms with van der Waals surface area (Å²) in [6, 6.07) is 65.9. The van der Waals surface area contributed by atoms with E-state index in [1.165, 1.54) is 10.8 Å².